The van der Waals surface area contributed by atoms with Crippen LogP contribution in [0.1, 0.15) is 22.9 Å². The highest BCUT2D eigenvalue weighted by Gasteiger charge is 2.27. The maximum atomic E-state index is 6.02. The van der Waals surface area contributed by atoms with Gasteiger partial charge in [0.2, 0.25) is 0 Å². The Morgan fingerprint density at radius 1 is 1.12 bits per heavy atom. The summed E-state index contributed by atoms with van der Waals surface area (Å²) in [4.78, 5) is 2.39. The molecule has 0 aliphatic carbocycles. The fourth-order valence-corrected chi connectivity index (χ4v) is 3.64. The Balaban J connectivity index is 1.53. The smallest absolute Gasteiger partial charge is 0.138 e. The van der Waals surface area contributed by atoms with Gasteiger partial charge in [0.15, 0.2) is 0 Å². The van der Waals surface area contributed by atoms with Crippen LogP contribution in [0.5, 0.6) is 0 Å². The summed E-state index contributed by atoms with van der Waals surface area (Å²) in [5.74, 6) is 0. The topological polar surface area (TPSA) is 17.4 Å². The molecule has 4 rings (SSSR count). The second-order valence-electron chi connectivity index (χ2n) is 6.51. The van der Waals surface area contributed by atoms with Crippen molar-refractivity contribution >= 4 is 15.9 Å². The van der Waals surface area contributed by atoms with Crippen LogP contribution in [0.2, 0.25) is 0 Å². The number of nitrogens with zero attached hydrogens (tertiary/aromatic N) is 2. The molecule has 0 radical (unpaired) electrons. The van der Waals surface area contributed by atoms with E-state index in [1.807, 2.05) is 6.07 Å². The molecule has 1 aliphatic rings. The molecule has 2 heterocycles. The molecule has 1 saturated heterocycles. The van der Waals surface area contributed by atoms with Gasteiger partial charge in [-0.2, -0.15) is 0 Å². The molecule has 1 atom stereocenters. The number of rotatable bonds is 4. The quantitative estimate of drug-likeness (QED) is 0.611. The third-order valence-electron chi connectivity index (χ3n) is 4.60. The van der Waals surface area contributed by atoms with Crippen molar-refractivity contribution in [2.75, 3.05) is 13.2 Å². The number of ether oxygens (including phenoxy) is 1. The van der Waals surface area contributed by atoms with Gasteiger partial charge in [0.05, 0.1) is 6.61 Å². The lowest BCUT2D eigenvalue weighted by atomic mass is 10.1. The Kier molecular flexibility index (Phi) is 4.75. The number of halogens is 1. The summed E-state index contributed by atoms with van der Waals surface area (Å²) in [6.07, 6.45) is 4.29. The van der Waals surface area contributed by atoms with Crippen molar-refractivity contribution in [2.45, 2.75) is 19.7 Å². The zero-order valence-corrected chi connectivity index (χ0v) is 15.8. The molecule has 4 heteroatoms. The van der Waals surface area contributed by atoms with E-state index in [9.17, 15) is 0 Å². The highest BCUT2D eigenvalue weighted by Crippen LogP contribution is 2.29. The van der Waals surface area contributed by atoms with Gasteiger partial charge in [-0.3, -0.25) is 4.90 Å². The first kappa shape index (κ1) is 16.6. The lowest BCUT2D eigenvalue weighted by molar-refractivity contribution is 0.0288. The summed E-state index contributed by atoms with van der Waals surface area (Å²) in [5, 5.41) is 0. The largest absolute Gasteiger partial charge is 0.357 e. The van der Waals surface area contributed by atoms with Gasteiger partial charge in [0.25, 0.3) is 0 Å². The van der Waals surface area contributed by atoms with Crippen molar-refractivity contribution in [1.82, 2.24) is 9.47 Å². The van der Waals surface area contributed by atoms with Crippen molar-refractivity contribution in [3.63, 3.8) is 0 Å². The molecule has 2 aromatic carbocycles. The molecule has 128 valence electrons. The Morgan fingerprint density at radius 3 is 2.76 bits per heavy atom. The third-order valence-corrected chi connectivity index (χ3v) is 5.09. The molecular weight excluding hydrogens is 376 g/mol. The van der Waals surface area contributed by atoms with E-state index >= 15 is 0 Å². The first-order valence-electron chi connectivity index (χ1n) is 8.54. The average molecular weight is 397 g/mol. The predicted molar refractivity (Wildman–Crippen MR) is 104 cm³/mol. The highest BCUT2D eigenvalue weighted by atomic mass is 79.9. The molecule has 1 aliphatic heterocycles. The van der Waals surface area contributed by atoms with Gasteiger partial charge in [-0.15, -0.1) is 0 Å². The zero-order valence-electron chi connectivity index (χ0n) is 14.2. The Hall–Kier alpha value is -1.88. The van der Waals surface area contributed by atoms with Gasteiger partial charge >= 0.3 is 0 Å². The zero-order chi connectivity index (χ0) is 17.2. The molecule has 0 bridgehead atoms. The number of benzene rings is 2. The van der Waals surface area contributed by atoms with Crippen LogP contribution in [0.4, 0.5) is 0 Å². The maximum absolute atomic E-state index is 6.02. The van der Waals surface area contributed by atoms with Crippen LogP contribution in [0.25, 0.3) is 5.69 Å². The molecule has 0 saturated carbocycles. The first-order valence-corrected chi connectivity index (χ1v) is 9.33. The summed E-state index contributed by atoms with van der Waals surface area (Å²) >= 11 is 3.54. The molecule has 1 fully saturated rings. The van der Waals surface area contributed by atoms with Crippen molar-refractivity contribution < 1.29 is 4.74 Å². The normalized spacial score (nSPS) is 17.9. The number of aromatic nitrogens is 1. The maximum Gasteiger partial charge on any atom is 0.138 e. The van der Waals surface area contributed by atoms with E-state index in [0.717, 1.165) is 29.9 Å². The minimum Gasteiger partial charge on any atom is -0.357 e. The van der Waals surface area contributed by atoms with Crippen molar-refractivity contribution in [1.29, 1.82) is 0 Å². The molecule has 3 nitrogen and oxygen atoms in total. The van der Waals surface area contributed by atoms with Crippen LogP contribution < -0.4 is 0 Å². The standard InChI is InChI=1S/C21H21BrN2O/c1-16-5-7-17(8-6-16)14-24-11-12-25-21(24)18-9-10-23(15-18)20-4-2-3-19(22)13-20/h2-10,13,15,21H,11-12,14H2,1H3/t21-/m1/s1. The average Bonchev–Trinajstić information content (AvgIpc) is 3.26. The van der Waals surface area contributed by atoms with Crippen LogP contribution in [0.3, 0.4) is 0 Å². The molecule has 0 spiro atoms. The molecular formula is C21H21BrN2O. The lowest BCUT2D eigenvalue weighted by Crippen LogP contribution is -2.23. The first-order chi connectivity index (χ1) is 12.2. The molecule has 0 amide bonds. The number of aryl methyl sites for hydroxylation is 1. The molecule has 25 heavy (non-hydrogen) atoms. The number of hydrogen-bond acceptors (Lipinski definition) is 2. The van der Waals surface area contributed by atoms with Crippen LogP contribution in [-0.4, -0.2) is 22.6 Å². The summed E-state index contributed by atoms with van der Waals surface area (Å²) in [6.45, 7) is 4.77. The monoisotopic (exact) mass is 396 g/mol. The molecule has 0 unspecified atom stereocenters. The summed E-state index contributed by atoms with van der Waals surface area (Å²) in [7, 11) is 0. The van der Waals surface area contributed by atoms with E-state index in [4.69, 9.17) is 4.74 Å². The van der Waals surface area contributed by atoms with Crippen LogP contribution >= 0.6 is 15.9 Å². The minimum absolute atomic E-state index is 0.0229. The van der Waals surface area contributed by atoms with Crippen LogP contribution in [0.15, 0.2) is 71.5 Å². The van der Waals surface area contributed by atoms with E-state index in [-0.39, 0.29) is 6.23 Å². The van der Waals surface area contributed by atoms with Gasteiger partial charge in [-0.25, -0.2) is 0 Å². The second-order valence-corrected chi connectivity index (χ2v) is 7.43. The Morgan fingerprint density at radius 2 is 1.96 bits per heavy atom. The summed E-state index contributed by atoms with van der Waals surface area (Å²) in [5.41, 5.74) is 4.96. The Labute approximate surface area is 157 Å². The van der Waals surface area contributed by atoms with Gasteiger partial charge < -0.3 is 9.30 Å². The summed E-state index contributed by atoms with van der Waals surface area (Å²) < 4.78 is 9.25. The van der Waals surface area contributed by atoms with E-state index in [1.54, 1.807) is 0 Å². The van der Waals surface area contributed by atoms with Crippen molar-refractivity contribution in [3.8, 4) is 5.69 Å². The van der Waals surface area contributed by atoms with Crippen LogP contribution in [-0.2, 0) is 11.3 Å². The molecule has 3 aromatic rings. The van der Waals surface area contributed by atoms with E-state index in [0.29, 0.717) is 0 Å². The Bertz CT molecular complexity index is 856. The molecule has 1 aromatic heterocycles. The summed E-state index contributed by atoms with van der Waals surface area (Å²) in [6, 6.07) is 19.2. The van der Waals surface area contributed by atoms with E-state index in [1.165, 1.54) is 16.7 Å². The molecule has 0 N–H and O–H groups in total. The van der Waals surface area contributed by atoms with Gasteiger partial charge in [-0.1, -0.05) is 51.8 Å². The fraction of sp³-hybridized carbons (Fsp3) is 0.238. The fourth-order valence-electron chi connectivity index (χ4n) is 3.26. The third kappa shape index (κ3) is 3.71. The minimum atomic E-state index is 0.0229. The lowest BCUT2D eigenvalue weighted by Gasteiger charge is -2.22. The second kappa shape index (κ2) is 7.16. The van der Waals surface area contributed by atoms with E-state index < -0.39 is 0 Å². The van der Waals surface area contributed by atoms with Gasteiger partial charge in [-0.05, 0) is 36.8 Å². The van der Waals surface area contributed by atoms with E-state index in [2.05, 4.69) is 93.2 Å². The van der Waals surface area contributed by atoms with Crippen molar-refractivity contribution in [2.24, 2.45) is 0 Å². The van der Waals surface area contributed by atoms with Crippen LogP contribution in [0, 0.1) is 6.92 Å². The van der Waals surface area contributed by atoms with Crippen molar-refractivity contribution in [3.05, 3.63) is 88.2 Å². The highest BCUT2D eigenvalue weighted by molar-refractivity contribution is 9.10. The van der Waals surface area contributed by atoms with Gasteiger partial charge in [0.1, 0.15) is 6.23 Å². The predicted octanol–water partition coefficient (Wildman–Crippen LogP) is 5.08. The SMILES string of the molecule is Cc1ccc(CN2CCO[C@@H]2c2ccn(-c3cccc(Br)c3)c2)cc1. The van der Waals surface area contributed by atoms with Gasteiger partial charge in [0, 0.05) is 41.2 Å². The number of hydrogen-bond donors (Lipinski definition) is 0.